The van der Waals surface area contributed by atoms with E-state index in [0.29, 0.717) is 29.6 Å². The molecule has 1 atom stereocenters. The van der Waals surface area contributed by atoms with Crippen LogP contribution in [0.1, 0.15) is 31.1 Å². The summed E-state index contributed by atoms with van der Waals surface area (Å²) in [5.74, 6) is 1.47. The molecule has 126 valence electrons. The predicted molar refractivity (Wildman–Crippen MR) is 90.6 cm³/mol. The number of hydrogen-bond donors (Lipinski definition) is 0. The SMILES string of the molecule is CCN(C)C(=O)C1CSCN1C(=O)c1ccc(OC(C)C)nc1. The number of carbonyl (C=O) groups excluding carboxylic acids is 2. The number of likely N-dealkylation sites (N-methyl/N-ethyl adjacent to an activating group) is 1. The lowest BCUT2D eigenvalue weighted by Gasteiger charge is -2.26. The molecule has 6 nitrogen and oxygen atoms in total. The molecule has 23 heavy (non-hydrogen) atoms. The van der Waals surface area contributed by atoms with Gasteiger partial charge < -0.3 is 14.5 Å². The van der Waals surface area contributed by atoms with Gasteiger partial charge in [0.1, 0.15) is 6.04 Å². The molecule has 0 aliphatic carbocycles. The maximum atomic E-state index is 12.7. The maximum Gasteiger partial charge on any atom is 0.256 e. The van der Waals surface area contributed by atoms with Crippen molar-refractivity contribution in [1.29, 1.82) is 0 Å². The van der Waals surface area contributed by atoms with Crippen molar-refractivity contribution in [2.24, 2.45) is 0 Å². The third kappa shape index (κ3) is 4.16. The van der Waals surface area contributed by atoms with E-state index in [9.17, 15) is 9.59 Å². The van der Waals surface area contributed by atoms with E-state index in [0.717, 1.165) is 0 Å². The normalized spacial score (nSPS) is 17.4. The molecule has 1 aliphatic heterocycles. The van der Waals surface area contributed by atoms with E-state index in [1.807, 2.05) is 20.8 Å². The number of amides is 2. The van der Waals surface area contributed by atoms with Crippen LogP contribution in [0.5, 0.6) is 5.88 Å². The Morgan fingerprint density at radius 2 is 2.22 bits per heavy atom. The Morgan fingerprint density at radius 3 is 2.78 bits per heavy atom. The number of thioether (sulfide) groups is 1. The molecule has 1 aromatic heterocycles. The highest BCUT2D eigenvalue weighted by molar-refractivity contribution is 7.99. The molecule has 0 saturated carbocycles. The summed E-state index contributed by atoms with van der Waals surface area (Å²) in [6, 6.07) is 2.98. The van der Waals surface area contributed by atoms with Gasteiger partial charge >= 0.3 is 0 Å². The van der Waals surface area contributed by atoms with Crippen molar-refractivity contribution in [3.63, 3.8) is 0 Å². The molecule has 1 unspecified atom stereocenters. The van der Waals surface area contributed by atoms with Crippen molar-refractivity contribution in [2.45, 2.75) is 32.9 Å². The highest BCUT2D eigenvalue weighted by Gasteiger charge is 2.36. The van der Waals surface area contributed by atoms with E-state index < -0.39 is 6.04 Å². The minimum Gasteiger partial charge on any atom is -0.475 e. The van der Waals surface area contributed by atoms with Crippen LogP contribution in [0, 0.1) is 0 Å². The molecule has 1 saturated heterocycles. The van der Waals surface area contributed by atoms with Crippen molar-refractivity contribution < 1.29 is 14.3 Å². The van der Waals surface area contributed by atoms with Crippen LogP contribution >= 0.6 is 11.8 Å². The van der Waals surface area contributed by atoms with Crippen molar-refractivity contribution in [3.8, 4) is 5.88 Å². The quantitative estimate of drug-likeness (QED) is 0.821. The Hall–Kier alpha value is -1.76. The summed E-state index contributed by atoms with van der Waals surface area (Å²) >= 11 is 1.59. The first-order valence-electron chi connectivity index (χ1n) is 7.70. The average molecular weight is 337 g/mol. The van der Waals surface area contributed by atoms with Crippen LogP contribution in [0.2, 0.25) is 0 Å². The first kappa shape index (κ1) is 17.6. The molecule has 2 amide bonds. The minimum absolute atomic E-state index is 0.0152. The first-order chi connectivity index (χ1) is 10.9. The highest BCUT2D eigenvalue weighted by atomic mass is 32.2. The van der Waals surface area contributed by atoms with Gasteiger partial charge in [0.05, 0.1) is 17.5 Å². The fraction of sp³-hybridized carbons (Fsp3) is 0.562. The molecular formula is C16H23N3O3S. The van der Waals surface area contributed by atoms with Crippen molar-refractivity contribution in [2.75, 3.05) is 25.2 Å². The summed E-state index contributed by atoms with van der Waals surface area (Å²) in [5, 5.41) is 0. The zero-order chi connectivity index (χ0) is 17.0. The first-order valence-corrected chi connectivity index (χ1v) is 8.86. The minimum atomic E-state index is -0.399. The largest absolute Gasteiger partial charge is 0.475 e. The van der Waals surface area contributed by atoms with Gasteiger partial charge in [-0.25, -0.2) is 4.98 Å². The summed E-state index contributed by atoms with van der Waals surface area (Å²) in [7, 11) is 1.76. The second-order valence-corrected chi connectivity index (χ2v) is 6.69. The zero-order valence-corrected chi connectivity index (χ0v) is 14.8. The molecule has 1 aliphatic rings. The van der Waals surface area contributed by atoms with Crippen molar-refractivity contribution in [3.05, 3.63) is 23.9 Å². The van der Waals surface area contributed by atoms with E-state index in [1.165, 1.54) is 6.20 Å². The smallest absolute Gasteiger partial charge is 0.256 e. The van der Waals surface area contributed by atoms with Gasteiger partial charge in [-0.2, -0.15) is 0 Å². The molecule has 0 spiro atoms. The number of hydrogen-bond acceptors (Lipinski definition) is 5. The summed E-state index contributed by atoms with van der Waals surface area (Å²) in [4.78, 5) is 32.5. The average Bonchev–Trinajstić information content (AvgIpc) is 3.02. The highest BCUT2D eigenvalue weighted by Crippen LogP contribution is 2.24. The molecule has 0 N–H and O–H groups in total. The Balaban J connectivity index is 2.11. The molecule has 2 heterocycles. The Morgan fingerprint density at radius 1 is 1.48 bits per heavy atom. The fourth-order valence-corrected chi connectivity index (χ4v) is 3.39. The summed E-state index contributed by atoms with van der Waals surface area (Å²) in [5.41, 5.74) is 0.473. The molecule has 1 fully saturated rings. The van der Waals surface area contributed by atoms with Gasteiger partial charge in [0.2, 0.25) is 11.8 Å². The zero-order valence-electron chi connectivity index (χ0n) is 14.0. The fourth-order valence-electron chi connectivity index (χ4n) is 2.24. The predicted octanol–water partition coefficient (Wildman–Crippen LogP) is 1.86. The monoisotopic (exact) mass is 337 g/mol. The molecule has 0 radical (unpaired) electrons. The van der Waals surface area contributed by atoms with Crippen LogP contribution < -0.4 is 4.74 Å². The molecule has 0 aromatic carbocycles. The van der Waals surface area contributed by atoms with E-state index in [-0.39, 0.29) is 17.9 Å². The number of aromatic nitrogens is 1. The Kier molecular flexibility index (Phi) is 5.87. The molecule has 7 heteroatoms. The van der Waals surface area contributed by atoms with Crippen LogP contribution in [0.4, 0.5) is 0 Å². The van der Waals surface area contributed by atoms with Gasteiger partial charge in [-0.15, -0.1) is 11.8 Å². The van der Waals surface area contributed by atoms with E-state index in [2.05, 4.69) is 4.98 Å². The maximum absolute atomic E-state index is 12.7. The second-order valence-electron chi connectivity index (χ2n) is 5.69. The van der Waals surface area contributed by atoms with Gasteiger partial charge in [-0.1, -0.05) is 0 Å². The lowest BCUT2D eigenvalue weighted by molar-refractivity contribution is -0.133. The Bertz CT molecular complexity index is 562. The van der Waals surface area contributed by atoms with Crippen LogP contribution in [0.3, 0.4) is 0 Å². The van der Waals surface area contributed by atoms with Crippen molar-refractivity contribution in [1.82, 2.24) is 14.8 Å². The van der Waals surface area contributed by atoms with Gasteiger partial charge in [-0.05, 0) is 26.8 Å². The standard InChI is InChI=1S/C16H23N3O3S/c1-5-18(4)16(21)13-9-23-10-19(13)15(20)12-6-7-14(17-8-12)22-11(2)3/h6-8,11,13H,5,9-10H2,1-4H3. The topological polar surface area (TPSA) is 62.7 Å². The van der Waals surface area contributed by atoms with Gasteiger partial charge in [0, 0.05) is 31.6 Å². The van der Waals surface area contributed by atoms with E-state index in [4.69, 9.17) is 4.74 Å². The molecule has 1 aromatic rings. The van der Waals surface area contributed by atoms with Gasteiger partial charge in [0.25, 0.3) is 5.91 Å². The van der Waals surface area contributed by atoms with Gasteiger partial charge in [-0.3, -0.25) is 9.59 Å². The third-order valence-corrected chi connectivity index (χ3v) is 4.63. The lowest BCUT2D eigenvalue weighted by Crippen LogP contribution is -2.47. The number of carbonyl (C=O) groups is 2. The van der Waals surface area contributed by atoms with E-state index >= 15 is 0 Å². The summed E-state index contributed by atoms with van der Waals surface area (Å²) < 4.78 is 5.48. The molecular weight excluding hydrogens is 314 g/mol. The van der Waals surface area contributed by atoms with Crippen LogP contribution in [-0.4, -0.2) is 64.0 Å². The second kappa shape index (κ2) is 7.68. The third-order valence-electron chi connectivity index (χ3n) is 3.62. The number of pyridine rings is 1. The van der Waals surface area contributed by atoms with E-state index in [1.54, 1.807) is 40.7 Å². The van der Waals surface area contributed by atoms with Crippen LogP contribution in [-0.2, 0) is 4.79 Å². The summed E-state index contributed by atoms with van der Waals surface area (Å²) in [6.45, 7) is 6.39. The number of ether oxygens (including phenoxy) is 1. The number of nitrogens with zero attached hydrogens (tertiary/aromatic N) is 3. The molecule has 0 bridgehead atoms. The van der Waals surface area contributed by atoms with Gasteiger partial charge in [0.15, 0.2) is 0 Å². The Labute approximate surface area is 141 Å². The van der Waals surface area contributed by atoms with Crippen LogP contribution in [0.25, 0.3) is 0 Å². The van der Waals surface area contributed by atoms with Crippen LogP contribution in [0.15, 0.2) is 18.3 Å². The lowest BCUT2D eigenvalue weighted by atomic mass is 10.2. The molecule has 2 rings (SSSR count). The summed E-state index contributed by atoms with van der Waals surface area (Å²) in [6.07, 6.45) is 1.54. The number of rotatable bonds is 5. The van der Waals surface area contributed by atoms with Crippen molar-refractivity contribution >= 4 is 23.6 Å².